The van der Waals surface area contributed by atoms with Crippen LogP contribution in [0.1, 0.15) is 43.0 Å². The van der Waals surface area contributed by atoms with E-state index in [0.717, 1.165) is 42.6 Å². The molecule has 108 valence electrons. The van der Waals surface area contributed by atoms with E-state index in [1.165, 1.54) is 11.1 Å². The Hall–Kier alpha value is -2.23. The smallest absolute Gasteiger partial charge is 0.173 e. The molecule has 0 saturated heterocycles. The van der Waals surface area contributed by atoms with E-state index < -0.39 is 0 Å². The zero-order chi connectivity index (χ0) is 14.8. The average molecular weight is 281 g/mol. The molecule has 1 aliphatic carbocycles. The molecule has 0 spiro atoms. The number of rotatable bonds is 3. The Morgan fingerprint density at radius 1 is 1.14 bits per heavy atom. The zero-order valence-electron chi connectivity index (χ0n) is 12.4. The van der Waals surface area contributed by atoms with E-state index in [2.05, 4.69) is 30.1 Å². The van der Waals surface area contributed by atoms with E-state index in [9.17, 15) is 0 Å². The van der Waals surface area contributed by atoms with Crippen LogP contribution in [0, 0.1) is 5.41 Å². The number of ether oxygens (including phenoxy) is 1. The van der Waals surface area contributed by atoms with Gasteiger partial charge in [-0.25, -0.2) is 0 Å². The number of nitrogens with zero attached hydrogens (tertiary/aromatic N) is 2. The third-order valence-electron chi connectivity index (χ3n) is 3.90. The Balaban J connectivity index is 2.08. The largest absolute Gasteiger partial charge is 0.446 e. The number of aromatic nitrogens is 2. The lowest BCUT2D eigenvalue weighted by Crippen LogP contribution is -2.01. The highest BCUT2D eigenvalue weighted by Gasteiger charge is 2.18. The summed E-state index contributed by atoms with van der Waals surface area (Å²) in [6, 6.07) is 8.12. The van der Waals surface area contributed by atoms with Crippen molar-refractivity contribution >= 4 is 6.40 Å². The number of fused-ring (bicyclic) bond motifs is 3. The van der Waals surface area contributed by atoms with E-state index >= 15 is 0 Å². The molecule has 0 radical (unpaired) electrons. The SMILES string of the molecule is CC(C)c1cc2c(nn1)-c1ccc(OC=N)cc1CCC2. The fourth-order valence-electron chi connectivity index (χ4n) is 2.77. The molecule has 0 amide bonds. The zero-order valence-corrected chi connectivity index (χ0v) is 12.4. The molecule has 0 fully saturated rings. The number of benzene rings is 1. The second kappa shape index (κ2) is 5.64. The average Bonchev–Trinajstić information content (AvgIpc) is 2.65. The second-order valence-electron chi connectivity index (χ2n) is 5.71. The minimum atomic E-state index is 0.397. The molecule has 1 heterocycles. The van der Waals surface area contributed by atoms with Crippen molar-refractivity contribution in [3.05, 3.63) is 41.1 Å². The van der Waals surface area contributed by atoms with E-state index in [1.54, 1.807) is 0 Å². The van der Waals surface area contributed by atoms with Crippen LogP contribution in [0.25, 0.3) is 11.3 Å². The third kappa shape index (κ3) is 2.66. The topological polar surface area (TPSA) is 58.9 Å². The number of nitrogens with one attached hydrogen (secondary N) is 1. The van der Waals surface area contributed by atoms with Gasteiger partial charge in [-0.05, 0) is 60.6 Å². The molecule has 0 atom stereocenters. The molecule has 1 aromatic heterocycles. The van der Waals surface area contributed by atoms with Crippen LogP contribution in [0.4, 0.5) is 0 Å². The fourth-order valence-corrected chi connectivity index (χ4v) is 2.77. The van der Waals surface area contributed by atoms with Gasteiger partial charge in [0.05, 0.1) is 11.4 Å². The molecule has 0 bridgehead atoms. The summed E-state index contributed by atoms with van der Waals surface area (Å²) in [7, 11) is 0. The molecule has 2 aromatic rings. The molecular formula is C17H19N3O. The summed E-state index contributed by atoms with van der Waals surface area (Å²) in [5.41, 5.74) is 5.70. The van der Waals surface area contributed by atoms with Gasteiger partial charge in [0, 0.05) is 5.56 Å². The Bertz CT molecular complexity index is 680. The standard InChI is InChI=1S/C17H19N3O/c1-11(2)16-9-13-5-3-4-12-8-14(21-10-18)6-7-15(12)17(13)20-19-16/h6-11,18H,3-5H2,1-2H3. The van der Waals surface area contributed by atoms with Crippen molar-refractivity contribution in [3.63, 3.8) is 0 Å². The molecule has 4 nitrogen and oxygen atoms in total. The van der Waals surface area contributed by atoms with Gasteiger partial charge in [-0.2, -0.15) is 5.10 Å². The van der Waals surface area contributed by atoms with Gasteiger partial charge < -0.3 is 4.74 Å². The number of hydrogen-bond acceptors (Lipinski definition) is 4. The van der Waals surface area contributed by atoms with Gasteiger partial charge in [-0.15, -0.1) is 5.10 Å². The molecular weight excluding hydrogens is 262 g/mol. The maximum Gasteiger partial charge on any atom is 0.173 e. The summed E-state index contributed by atoms with van der Waals surface area (Å²) >= 11 is 0. The summed E-state index contributed by atoms with van der Waals surface area (Å²) in [5, 5.41) is 15.9. The molecule has 1 aliphatic rings. The molecule has 21 heavy (non-hydrogen) atoms. The van der Waals surface area contributed by atoms with Gasteiger partial charge in [0.1, 0.15) is 5.75 Å². The first-order valence-corrected chi connectivity index (χ1v) is 7.34. The minimum absolute atomic E-state index is 0.397. The molecule has 3 rings (SSSR count). The fraction of sp³-hybridized carbons (Fsp3) is 0.353. The lowest BCUT2D eigenvalue weighted by atomic mass is 10.0. The number of hydrogen-bond donors (Lipinski definition) is 1. The third-order valence-corrected chi connectivity index (χ3v) is 3.90. The predicted octanol–water partition coefficient (Wildman–Crippen LogP) is 3.74. The monoisotopic (exact) mass is 281 g/mol. The molecule has 1 aromatic carbocycles. The van der Waals surface area contributed by atoms with Crippen molar-refractivity contribution < 1.29 is 4.74 Å². The van der Waals surface area contributed by atoms with E-state index in [0.29, 0.717) is 11.7 Å². The van der Waals surface area contributed by atoms with Crippen molar-refractivity contribution in [3.8, 4) is 17.0 Å². The van der Waals surface area contributed by atoms with Crippen LogP contribution in [-0.4, -0.2) is 16.6 Å². The Kier molecular flexibility index (Phi) is 3.69. The Morgan fingerprint density at radius 2 is 1.95 bits per heavy atom. The van der Waals surface area contributed by atoms with Gasteiger partial charge in [-0.1, -0.05) is 13.8 Å². The lowest BCUT2D eigenvalue weighted by molar-refractivity contribution is 0.569. The maximum atomic E-state index is 7.03. The summed E-state index contributed by atoms with van der Waals surface area (Å²) in [4.78, 5) is 0. The second-order valence-corrected chi connectivity index (χ2v) is 5.71. The molecule has 1 N–H and O–H groups in total. The number of aryl methyl sites for hydroxylation is 2. The minimum Gasteiger partial charge on any atom is -0.446 e. The first-order valence-electron chi connectivity index (χ1n) is 7.34. The van der Waals surface area contributed by atoms with Crippen LogP contribution < -0.4 is 4.74 Å². The summed E-state index contributed by atoms with van der Waals surface area (Å²) in [6.07, 6.45) is 4.08. The quantitative estimate of drug-likeness (QED) is 0.688. The van der Waals surface area contributed by atoms with Gasteiger partial charge >= 0.3 is 0 Å². The molecule has 0 saturated carbocycles. The summed E-state index contributed by atoms with van der Waals surface area (Å²) in [5.74, 6) is 1.10. The van der Waals surface area contributed by atoms with Crippen molar-refractivity contribution in [1.29, 1.82) is 5.41 Å². The van der Waals surface area contributed by atoms with Crippen molar-refractivity contribution in [1.82, 2.24) is 10.2 Å². The van der Waals surface area contributed by atoms with Crippen molar-refractivity contribution in [2.45, 2.75) is 39.0 Å². The van der Waals surface area contributed by atoms with Crippen LogP contribution in [0.2, 0.25) is 0 Å². The predicted molar refractivity (Wildman–Crippen MR) is 83.0 cm³/mol. The van der Waals surface area contributed by atoms with E-state index in [1.807, 2.05) is 18.2 Å². The van der Waals surface area contributed by atoms with Gasteiger partial charge in [-0.3, -0.25) is 5.41 Å². The van der Waals surface area contributed by atoms with Crippen molar-refractivity contribution in [2.24, 2.45) is 0 Å². The van der Waals surface area contributed by atoms with E-state index in [-0.39, 0.29) is 0 Å². The highest BCUT2D eigenvalue weighted by atomic mass is 16.5. The van der Waals surface area contributed by atoms with E-state index in [4.69, 9.17) is 10.1 Å². The van der Waals surface area contributed by atoms with Gasteiger partial charge in [0.2, 0.25) is 0 Å². The van der Waals surface area contributed by atoms with Gasteiger partial charge in [0.25, 0.3) is 0 Å². The van der Waals surface area contributed by atoms with Crippen LogP contribution in [0.5, 0.6) is 5.75 Å². The first kappa shape index (κ1) is 13.7. The molecule has 0 aliphatic heterocycles. The maximum absolute atomic E-state index is 7.03. The van der Waals surface area contributed by atoms with Gasteiger partial charge in [0.15, 0.2) is 6.40 Å². The molecule has 0 unspecified atom stereocenters. The highest BCUT2D eigenvalue weighted by molar-refractivity contribution is 5.69. The Morgan fingerprint density at radius 3 is 2.71 bits per heavy atom. The van der Waals surface area contributed by atoms with Crippen LogP contribution in [0.3, 0.4) is 0 Å². The van der Waals surface area contributed by atoms with Crippen LogP contribution in [-0.2, 0) is 12.8 Å². The summed E-state index contributed by atoms with van der Waals surface area (Å²) < 4.78 is 5.16. The molecule has 4 heteroatoms. The highest BCUT2D eigenvalue weighted by Crippen LogP contribution is 2.33. The Labute approximate surface area is 124 Å². The normalized spacial score (nSPS) is 13.3. The van der Waals surface area contributed by atoms with Crippen LogP contribution >= 0.6 is 0 Å². The first-order chi connectivity index (χ1) is 10.2. The van der Waals surface area contributed by atoms with Crippen LogP contribution in [0.15, 0.2) is 24.3 Å². The lowest BCUT2D eigenvalue weighted by Gasteiger charge is -2.11. The summed E-state index contributed by atoms with van der Waals surface area (Å²) in [6.45, 7) is 4.28. The van der Waals surface area contributed by atoms with Crippen molar-refractivity contribution in [2.75, 3.05) is 0 Å².